The van der Waals surface area contributed by atoms with Gasteiger partial charge in [-0.3, -0.25) is 0 Å². The van der Waals surface area contributed by atoms with E-state index in [1.165, 1.54) is 15.9 Å². The quantitative estimate of drug-likeness (QED) is 0.169. The van der Waals surface area contributed by atoms with Crippen LogP contribution in [0.25, 0.3) is 0 Å². The van der Waals surface area contributed by atoms with Crippen molar-refractivity contribution in [1.29, 1.82) is 0 Å². The van der Waals surface area contributed by atoms with Gasteiger partial charge in [0.25, 0.3) is 8.32 Å². The molecule has 1 heterocycles. The number of benzene rings is 2. The zero-order chi connectivity index (χ0) is 27.3. The molecule has 0 bridgehead atoms. The topological polar surface area (TPSA) is 27.7 Å². The number of rotatable bonds is 11. The predicted molar refractivity (Wildman–Crippen MR) is 163 cm³/mol. The third-order valence-corrected chi connectivity index (χ3v) is 17.8. The predicted octanol–water partition coefficient (Wildman–Crippen LogP) is 7.47. The van der Waals surface area contributed by atoms with Gasteiger partial charge in [-0.1, -0.05) is 108 Å². The Balaban J connectivity index is 1.58. The molecule has 0 N–H and O–H groups in total. The van der Waals surface area contributed by atoms with Crippen LogP contribution in [0.1, 0.15) is 67.7 Å². The minimum absolute atomic E-state index is 0.0148. The van der Waals surface area contributed by atoms with Crippen LogP contribution in [-0.4, -0.2) is 42.1 Å². The zero-order valence-corrected chi connectivity index (χ0v) is 26.8. The summed E-state index contributed by atoms with van der Waals surface area (Å²) in [5, 5.41) is 2.92. The Morgan fingerprint density at radius 1 is 0.757 bits per heavy atom. The molecule has 2 atom stereocenters. The normalized spacial score (nSPS) is 19.2. The van der Waals surface area contributed by atoms with E-state index in [4.69, 9.17) is 13.6 Å². The fraction of sp³-hybridized carbons (Fsp3) is 0.562. The second-order valence-electron chi connectivity index (χ2n) is 13.2. The molecule has 2 aromatic rings. The van der Waals surface area contributed by atoms with Gasteiger partial charge in [-0.15, -0.1) is 0 Å². The van der Waals surface area contributed by atoms with E-state index in [0.29, 0.717) is 6.61 Å². The van der Waals surface area contributed by atoms with E-state index in [1.807, 2.05) is 0 Å². The van der Waals surface area contributed by atoms with Gasteiger partial charge >= 0.3 is 0 Å². The highest BCUT2D eigenvalue weighted by Crippen LogP contribution is 2.38. The van der Waals surface area contributed by atoms with E-state index in [2.05, 4.69) is 128 Å². The summed E-state index contributed by atoms with van der Waals surface area (Å²) in [5.41, 5.74) is 1.34. The number of ether oxygens (including phenoxy) is 1. The summed E-state index contributed by atoms with van der Waals surface area (Å²) >= 11 is 0. The second-order valence-corrected chi connectivity index (χ2v) is 22.3. The third-order valence-electron chi connectivity index (χ3n) is 8.31. The van der Waals surface area contributed by atoms with Crippen LogP contribution in [0.2, 0.25) is 23.2 Å². The van der Waals surface area contributed by atoms with Crippen LogP contribution in [-0.2, 0) is 13.6 Å². The minimum atomic E-state index is -2.45. The SMILES string of the molecule is CC1=C[C@@H](CO[Si](C)(C)C(C)(C)C)O[C@@H]1CCCCO[Si](c1ccccc1)(c1ccccc1)C(C)(C)C. The fourth-order valence-electron chi connectivity index (χ4n) is 5.07. The molecule has 0 radical (unpaired) electrons. The van der Waals surface area contributed by atoms with E-state index in [-0.39, 0.29) is 22.3 Å². The van der Waals surface area contributed by atoms with Gasteiger partial charge < -0.3 is 13.6 Å². The molecule has 0 spiro atoms. The first kappa shape index (κ1) is 30.0. The molecule has 3 nitrogen and oxygen atoms in total. The molecule has 0 aliphatic carbocycles. The molecule has 0 aromatic heterocycles. The van der Waals surface area contributed by atoms with Gasteiger partial charge in [0.05, 0.1) is 18.8 Å². The van der Waals surface area contributed by atoms with E-state index in [0.717, 1.165) is 25.9 Å². The van der Waals surface area contributed by atoms with Crippen LogP contribution < -0.4 is 10.4 Å². The van der Waals surface area contributed by atoms with Gasteiger partial charge in [-0.25, -0.2) is 0 Å². The van der Waals surface area contributed by atoms with Crippen molar-refractivity contribution >= 4 is 27.0 Å². The van der Waals surface area contributed by atoms with Crippen LogP contribution >= 0.6 is 0 Å². The lowest BCUT2D eigenvalue weighted by molar-refractivity contribution is 0.0208. The maximum absolute atomic E-state index is 7.05. The molecule has 5 heteroatoms. The highest BCUT2D eigenvalue weighted by Gasteiger charge is 2.50. The van der Waals surface area contributed by atoms with Gasteiger partial charge in [0, 0.05) is 6.61 Å². The van der Waals surface area contributed by atoms with Crippen molar-refractivity contribution < 1.29 is 13.6 Å². The van der Waals surface area contributed by atoms with Crippen LogP contribution in [0.4, 0.5) is 0 Å². The second kappa shape index (κ2) is 12.1. The van der Waals surface area contributed by atoms with Crippen LogP contribution in [0.3, 0.4) is 0 Å². The van der Waals surface area contributed by atoms with Crippen molar-refractivity contribution in [2.24, 2.45) is 0 Å². The van der Waals surface area contributed by atoms with Gasteiger partial charge in [0.2, 0.25) is 0 Å². The molecule has 0 fully saturated rings. The lowest BCUT2D eigenvalue weighted by atomic mass is 10.1. The van der Waals surface area contributed by atoms with Gasteiger partial charge in [0.15, 0.2) is 8.32 Å². The van der Waals surface area contributed by atoms with E-state index < -0.39 is 16.6 Å². The third kappa shape index (κ3) is 7.13. The zero-order valence-electron chi connectivity index (χ0n) is 24.8. The maximum Gasteiger partial charge on any atom is 0.261 e. The van der Waals surface area contributed by atoms with Crippen molar-refractivity contribution in [1.82, 2.24) is 0 Å². The van der Waals surface area contributed by atoms with Crippen molar-refractivity contribution in [2.45, 2.75) is 103 Å². The smallest absolute Gasteiger partial charge is 0.261 e. The molecular formula is C32H50O3Si2. The Bertz CT molecular complexity index is 964. The van der Waals surface area contributed by atoms with Crippen molar-refractivity contribution in [3.63, 3.8) is 0 Å². The first-order valence-corrected chi connectivity index (χ1v) is 18.8. The van der Waals surface area contributed by atoms with Crippen molar-refractivity contribution in [3.8, 4) is 0 Å². The molecule has 0 unspecified atom stereocenters. The Morgan fingerprint density at radius 2 is 1.30 bits per heavy atom. The van der Waals surface area contributed by atoms with Crippen LogP contribution in [0.5, 0.6) is 0 Å². The Labute approximate surface area is 228 Å². The summed E-state index contributed by atoms with van der Waals surface area (Å²) in [7, 11) is -4.22. The van der Waals surface area contributed by atoms with Gasteiger partial charge in [-0.2, -0.15) is 0 Å². The molecule has 0 saturated carbocycles. The Kier molecular flexibility index (Phi) is 9.84. The summed E-state index contributed by atoms with van der Waals surface area (Å²) < 4.78 is 19.9. The van der Waals surface area contributed by atoms with E-state index in [1.54, 1.807) is 0 Å². The summed E-state index contributed by atoms with van der Waals surface area (Å²) in [6.07, 6.45) is 5.69. The highest BCUT2D eigenvalue weighted by atomic mass is 28.4. The molecule has 1 aliphatic rings. The minimum Gasteiger partial charge on any atom is -0.414 e. The first-order chi connectivity index (χ1) is 17.3. The van der Waals surface area contributed by atoms with Gasteiger partial charge in [0.1, 0.15) is 0 Å². The van der Waals surface area contributed by atoms with E-state index in [9.17, 15) is 0 Å². The van der Waals surface area contributed by atoms with Crippen LogP contribution in [0.15, 0.2) is 72.3 Å². The number of hydrogen-bond donors (Lipinski definition) is 0. The Hall–Kier alpha value is -1.51. The molecule has 204 valence electrons. The van der Waals surface area contributed by atoms with Gasteiger partial charge in [-0.05, 0) is 65.3 Å². The summed E-state index contributed by atoms with van der Waals surface area (Å²) in [4.78, 5) is 0. The highest BCUT2D eigenvalue weighted by molar-refractivity contribution is 6.99. The van der Waals surface area contributed by atoms with Crippen molar-refractivity contribution in [2.75, 3.05) is 13.2 Å². The standard InChI is InChI=1S/C32H50O3Si2/c1-26-24-27(25-34-36(8,9)31(2,3)4)35-30(26)22-16-17-23-33-37(32(5,6)7,28-18-12-10-13-19-28)29-20-14-11-15-21-29/h10-15,18-21,24,27,30H,16-17,22-23,25H2,1-9H3/t27-,30+/m0/s1. The molecule has 2 aromatic carbocycles. The molecule has 0 saturated heterocycles. The number of hydrogen-bond acceptors (Lipinski definition) is 3. The largest absolute Gasteiger partial charge is 0.414 e. The molecule has 37 heavy (non-hydrogen) atoms. The molecule has 0 amide bonds. The monoisotopic (exact) mass is 538 g/mol. The van der Waals surface area contributed by atoms with Crippen molar-refractivity contribution in [3.05, 3.63) is 72.3 Å². The fourth-order valence-corrected chi connectivity index (χ4v) is 10.7. The molecular weight excluding hydrogens is 489 g/mol. The average molecular weight is 539 g/mol. The lowest BCUT2D eigenvalue weighted by Crippen LogP contribution is -2.66. The summed E-state index contributed by atoms with van der Waals surface area (Å²) in [6.45, 7) is 22.1. The summed E-state index contributed by atoms with van der Waals surface area (Å²) in [6, 6.07) is 21.8. The van der Waals surface area contributed by atoms with E-state index >= 15 is 0 Å². The summed E-state index contributed by atoms with van der Waals surface area (Å²) in [5.74, 6) is 0. The first-order valence-electron chi connectivity index (χ1n) is 14.0. The van der Waals surface area contributed by atoms with Crippen LogP contribution in [0, 0.1) is 0 Å². The Morgan fingerprint density at radius 3 is 1.78 bits per heavy atom. The lowest BCUT2D eigenvalue weighted by Gasteiger charge is -2.43. The average Bonchev–Trinajstić information content (AvgIpc) is 3.19. The molecule has 3 rings (SSSR count). The number of unbranched alkanes of at least 4 members (excludes halogenated alkanes) is 1. The maximum atomic E-state index is 7.05. The molecule has 1 aliphatic heterocycles.